The molecule has 1 aromatic rings. The summed E-state index contributed by atoms with van der Waals surface area (Å²) in [7, 11) is 0. The quantitative estimate of drug-likeness (QED) is 0.726. The van der Waals surface area contributed by atoms with E-state index >= 15 is 0 Å². The van der Waals surface area contributed by atoms with Gasteiger partial charge in [0.05, 0.1) is 15.7 Å². The number of anilines is 1. The van der Waals surface area contributed by atoms with Crippen molar-refractivity contribution >= 4 is 35.1 Å². The van der Waals surface area contributed by atoms with Gasteiger partial charge in [-0.3, -0.25) is 4.99 Å². The van der Waals surface area contributed by atoms with E-state index in [1.54, 1.807) is 18.5 Å². The molecule has 15 heavy (non-hydrogen) atoms. The van der Waals surface area contributed by atoms with Crippen molar-refractivity contribution in [2.75, 3.05) is 4.90 Å². The molecule has 0 fully saturated rings. The number of halogens is 2. The van der Waals surface area contributed by atoms with Gasteiger partial charge in [0.25, 0.3) is 0 Å². The van der Waals surface area contributed by atoms with Crippen LogP contribution in [0.3, 0.4) is 0 Å². The van der Waals surface area contributed by atoms with Gasteiger partial charge in [0.15, 0.2) is 0 Å². The molecule has 1 aliphatic heterocycles. The van der Waals surface area contributed by atoms with Crippen LogP contribution in [0.2, 0.25) is 10.0 Å². The van der Waals surface area contributed by atoms with Crippen LogP contribution in [0.1, 0.15) is 0 Å². The van der Waals surface area contributed by atoms with Crippen molar-refractivity contribution < 1.29 is 0 Å². The molecule has 1 aliphatic rings. The molecule has 0 aliphatic carbocycles. The van der Waals surface area contributed by atoms with Gasteiger partial charge in [-0.2, -0.15) is 0 Å². The zero-order chi connectivity index (χ0) is 10.7. The van der Waals surface area contributed by atoms with E-state index in [4.69, 9.17) is 23.2 Å². The van der Waals surface area contributed by atoms with Crippen LogP contribution in [0.15, 0.2) is 47.9 Å². The van der Waals surface area contributed by atoms with Crippen LogP contribution in [-0.4, -0.2) is 6.21 Å². The second-order valence-corrected chi connectivity index (χ2v) is 3.70. The van der Waals surface area contributed by atoms with Gasteiger partial charge < -0.3 is 4.90 Å². The van der Waals surface area contributed by atoms with Gasteiger partial charge in [0, 0.05) is 24.8 Å². The number of allylic oxidation sites excluding steroid dienone is 1. The summed E-state index contributed by atoms with van der Waals surface area (Å²) in [4.78, 5) is 5.85. The molecule has 76 valence electrons. The van der Waals surface area contributed by atoms with E-state index in [9.17, 15) is 0 Å². The van der Waals surface area contributed by atoms with Crippen molar-refractivity contribution in [2.45, 2.75) is 0 Å². The maximum Gasteiger partial charge on any atom is 0.0832 e. The Morgan fingerprint density at radius 1 is 1.13 bits per heavy atom. The van der Waals surface area contributed by atoms with Crippen molar-refractivity contribution in [1.82, 2.24) is 0 Å². The average Bonchev–Trinajstić information content (AvgIpc) is 2.50. The highest BCUT2D eigenvalue weighted by Crippen LogP contribution is 2.32. The summed E-state index contributed by atoms with van der Waals surface area (Å²) in [5.74, 6) is 0. The highest BCUT2D eigenvalue weighted by molar-refractivity contribution is 6.43. The van der Waals surface area contributed by atoms with Crippen LogP contribution in [0.5, 0.6) is 0 Å². The zero-order valence-corrected chi connectivity index (χ0v) is 9.28. The van der Waals surface area contributed by atoms with Crippen LogP contribution in [0, 0.1) is 0 Å². The predicted molar refractivity (Wildman–Crippen MR) is 65.7 cm³/mol. The third-order valence-electron chi connectivity index (χ3n) is 1.94. The fourth-order valence-electron chi connectivity index (χ4n) is 1.24. The predicted octanol–water partition coefficient (Wildman–Crippen LogP) is 3.87. The number of aliphatic imine (C=N–C) groups is 1. The number of rotatable bonds is 1. The lowest BCUT2D eigenvalue weighted by atomic mass is 10.3. The zero-order valence-electron chi connectivity index (χ0n) is 7.77. The smallest absolute Gasteiger partial charge is 0.0832 e. The fraction of sp³-hybridized carbons (Fsp3) is 0. The highest BCUT2D eigenvalue weighted by Gasteiger charge is 2.08. The normalized spacial score (nSPS) is 14.4. The first-order chi connectivity index (χ1) is 7.29. The maximum atomic E-state index is 6.10. The number of hydrogen-bond donors (Lipinski definition) is 0. The van der Waals surface area contributed by atoms with E-state index in [1.807, 2.05) is 35.5 Å². The van der Waals surface area contributed by atoms with Crippen molar-refractivity contribution in [3.8, 4) is 0 Å². The molecule has 2 rings (SSSR count). The van der Waals surface area contributed by atoms with Gasteiger partial charge in [-0.05, 0) is 18.2 Å². The summed E-state index contributed by atoms with van der Waals surface area (Å²) in [6, 6.07) is 5.51. The Morgan fingerprint density at radius 3 is 2.87 bits per heavy atom. The maximum absolute atomic E-state index is 6.10. The number of hydrogen-bond acceptors (Lipinski definition) is 2. The summed E-state index contributed by atoms with van der Waals surface area (Å²) in [5.41, 5.74) is 0.835. The van der Waals surface area contributed by atoms with E-state index in [1.165, 1.54) is 0 Å². The van der Waals surface area contributed by atoms with Crippen LogP contribution in [0.25, 0.3) is 0 Å². The van der Waals surface area contributed by atoms with Gasteiger partial charge in [-0.25, -0.2) is 0 Å². The van der Waals surface area contributed by atoms with Gasteiger partial charge >= 0.3 is 0 Å². The molecule has 0 saturated carbocycles. The topological polar surface area (TPSA) is 15.6 Å². The first kappa shape index (κ1) is 10.3. The molecule has 0 bridgehead atoms. The molecule has 4 heteroatoms. The van der Waals surface area contributed by atoms with E-state index in [0.29, 0.717) is 10.0 Å². The van der Waals surface area contributed by atoms with Crippen LogP contribution in [0.4, 0.5) is 5.69 Å². The summed E-state index contributed by atoms with van der Waals surface area (Å²) < 4.78 is 0. The molecule has 1 heterocycles. The first-order valence-corrected chi connectivity index (χ1v) is 5.13. The molecule has 0 N–H and O–H groups in total. The Bertz CT molecular complexity index is 434. The molecule has 0 unspecified atom stereocenters. The number of nitrogens with zero attached hydrogens (tertiary/aromatic N) is 2. The van der Waals surface area contributed by atoms with E-state index in [-0.39, 0.29) is 0 Å². The second kappa shape index (κ2) is 4.51. The standard InChI is InChI=1S/C11H8Cl2N2/c12-9-3-1-4-10(11(9)13)15-7-2-5-14-6-8-15/h1-8H. The van der Waals surface area contributed by atoms with Crippen molar-refractivity contribution in [1.29, 1.82) is 0 Å². The monoisotopic (exact) mass is 238 g/mol. The van der Waals surface area contributed by atoms with Crippen molar-refractivity contribution in [3.63, 3.8) is 0 Å². The van der Waals surface area contributed by atoms with E-state index in [0.717, 1.165) is 5.69 Å². The van der Waals surface area contributed by atoms with Gasteiger partial charge in [-0.15, -0.1) is 0 Å². The Balaban J connectivity index is 2.41. The molecule has 0 spiro atoms. The molecule has 0 aromatic heterocycles. The summed E-state index contributed by atoms with van der Waals surface area (Å²) >= 11 is 12.0. The average molecular weight is 239 g/mol. The lowest BCUT2D eigenvalue weighted by Crippen LogP contribution is -2.06. The minimum atomic E-state index is 0.537. The third-order valence-corrected chi connectivity index (χ3v) is 2.75. The SMILES string of the molecule is Clc1cccc(N2C=CC=NC=C2)c1Cl. The Kier molecular flexibility index (Phi) is 3.09. The largest absolute Gasteiger partial charge is 0.321 e. The molecular formula is C11H8Cl2N2. The summed E-state index contributed by atoms with van der Waals surface area (Å²) in [6.45, 7) is 0. The molecule has 0 radical (unpaired) electrons. The molecule has 0 atom stereocenters. The summed E-state index contributed by atoms with van der Waals surface area (Å²) in [5, 5.41) is 1.08. The molecular weight excluding hydrogens is 231 g/mol. The molecule has 0 amide bonds. The van der Waals surface area contributed by atoms with Crippen molar-refractivity contribution in [3.05, 3.63) is 52.9 Å². The molecule has 1 aromatic carbocycles. The van der Waals surface area contributed by atoms with Crippen molar-refractivity contribution in [2.24, 2.45) is 4.99 Å². The third kappa shape index (κ3) is 2.22. The lowest BCUT2D eigenvalue weighted by Gasteiger charge is -2.16. The molecule has 0 saturated heterocycles. The van der Waals surface area contributed by atoms with Gasteiger partial charge in [0.1, 0.15) is 0 Å². The van der Waals surface area contributed by atoms with Crippen LogP contribution in [-0.2, 0) is 0 Å². The van der Waals surface area contributed by atoms with E-state index < -0.39 is 0 Å². The minimum Gasteiger partial charge on any atom is -0.321 e. The Hall–Kier alpha value is -1.25. The molecule has 2 nitrogen and oxygen atoms in total. The highest BCUT2D eigenvalue weighted by atomic mass is 35.5. The van der Waals surface area contributed by atoms with Gasteiger partial charge in [0.2, 0.25) is 0 Å². The number of benzene rings is 1. The van der Waals surface area contributed by atoms with Crippen LogP contribution < -0.4 is 4.90 Å². The van der Waals surface area contributed by atoms with Gasteiger partial charge in [-0.1, -0.05) is 29.3 Å². The fourth-order valence-corrected chi connectivity index (χ4v) is 1.64. The minimum absolute atomic E-state index is 0.537. The van der Waals surface area contributed by atoms with Crippen LogP contribution >= 0.6 is 23.2 Å². The Labute approximate surface area is 98.1 Å². The Morgan fingerprint density at radius 2 is 2.00 bits per heavy atom. The first-order valence-electron chi connectivity index (χ1n) is 4.38. The van der Waals surface area contributed by atoms with E-state index in [2.05, 4.69) is 4.99 Å². The second-order valence-electron chi connectivity index (χ2n) is 2.92. The lowest BCUT2D eigenvalue weighted by molar-refractivity contribution is 1.28. The summed E-state index contributed by atoms with van der Waals surface area (Å²) in [6.07, 6.45) is 8.91.